The van der Waals surface area contributed by atoms with Gasteiger partial charge in [0.05, 0.1) is 31.0 Å². The van der Waals surface area contributed by atoms with Crippen LogP contribution in [0.1, 0.15) is 49.3 Å². The van der Waals surface area contributed by atoms with Crippen molar-refractivity contribution in [2.24, 2.45) is 0 Å². The lowest BCUT2D eigenvalue weighted by Gasteiger charge is -2.37. The molecule has 0 saturated carbocycles. The van der Waals surface area contributed by atoms with E-state index < -0.39 is 0 Å². The van der Waals surface area contributed by atoms with Crippen LogP contribution in [0.5, 0.6) is 11.5 Å². The average Bonchev–Trinajstić information content (AvgIpc) is 3.40. The van der Waals surface area contributed by atoms with E-state index in [1.807, 2.05) is 30.0 Å². The Morgan fingerprint density at radius 1 is 1.28 bits per heavy atom. The molecule has 3 heterocycles. The largest absolute Gasteiger partial charge is 0.493 e. The van der Waals surface area contributed by atoms with Crippen LogP contribution in [-0.4, -0.2) is 36.6 Å². The molecule has 4 rings (SSSR count). The molecular weight excluding hydrogens is 404 g/mol. The number of hydrogen-bond donors (Lipinski definition) is 0. The standard InChI is InChI=1S/C22H24N2O3S2/c1-5-19-23-13(2)21(29-19)22(25)24-9-8-14-11-16(26-3)17(27-4)12-15(14)20(24)18-7-6-10-28-18/h6-7,10-12,20H,5,8-9H2,1-4H3. The molecule has 7 heteroatoms. The third-order valence-electron chi connectivity index (χ3n) is 5.28. The van der Waals surface area contributed by atoms with E-state index >= 15 is 0 Å². The van der Waals surface area contributed by atoms with Gasteiger partial charge in [-0.25, -0.2) is 4.98 Å². The molecule has 0 fully saturated rings. The molecule has 152 valence electrons. The Labute approximate surface area is 178 Å². The second-order valence-corrected chi connectivity index (χ2v) is 9.01. The molecule has 1 aliphatic heterocycles. The highest BCUT2D eigenvalue weighted by molar-refractivity contribution is 7.13. The Kier molecular flexibility index (Phi) is 5.61. The number of rotatable bonds is 5. The fourth-order valence-electron chi connectivity index (χ4n) is 3.85. The molecule has 2 aromatic heterocycles. The van der Waals surface area contributed by atoms with E-state index in [-0.39, 0.29) is 11.9 Å². The Balaban J connectivity index is 1.81. The van der Waals surface area contributed by atoms with Crippen molar-refractivity contribution in [1.29, 1.82) is 0 Å². The maximum absolute atomic E-state index is 13.6. The molecule has 0 spiro atoms. The fourth-order valence-corrected chi connectivity index (χ4v) is 5.67. The molecular formula is C22H24N2O3S2. The van der Waals surface area contributed by atoms with Gasteiger partial charge in [0, 0.05) is 11.4 Å². The summed E-state index contributed by atoms with van der Waals surface area (Å²) in [7, 11) is 3.29. The highest BCUT2D eigenvalue weighted by atomic mass is 32.1. The molecule has 29 heavy (non-hydrogen) atoms. The van der Waals surface area contributed by atoms with Gasteiger partial charge in [-0.3, -0.25) is 4.79 Å². The van der Waals surface area contributed by atoms with Gasteiger partial charge in [-0.2, -0.15) is 0 Å². The normalized spacial score (nSPS) is 15.9. The summed E-state index contributed by atoms with van der Waals surface area (Å²) in [4.78, 5) is 22.0. The van der Waals surface area contributed by atoms with Crippen molar-refractivity contribution < 1.29 is 14.3 Å². The summed E-state index contributed by atoms with van der Waals surface area (Å²) in [6.07, 6.45) is 1.62. The van der Waals surface area contributed by atoms with Crippen molar-refractivity contribution >= 4 is 28.6 Å². The van der Waals surface area contributed by atoms with Crippen LogP contribution in [0.4, 0.5) is 0 Å². The number of nitrogens with zero attached hydrogens (tertiary/aromatic N) is 2. The van der Waals surface area contributed by atoms with Gasteiger partial charge < -0.3 is 14.4 Å². The minimum Gasteiger partial charge on any atom is -0.493 e. The van der Waals surface area contributed by atoms with Gasteiger partial charge in [0.2, 0.25) is 0 Å². The van der Waals surface area contributed by atoms with Crippen LogP contribution in [-0.2, 0) is 12.8 Å². The fraction of sp³-hybridized carbons (Fsp3) is 0.364. The van der Waals surface area contributed by atoms with Crippen LogP contribution in [0.2, 0.25) is 0 Å². The minimum absolute atomic E-state index is 0.0542. The lowest BCUT2D eigenvalue weighted by Crippen LogP contribution is -2.40. The van der Waals surface area contributed by atoms with E-state index in [1.165, 1.54) is 16.9 Å². The lowest BCUT2D eigenvalue weighted by molar-refractivity contribution is 0.0701. The van der Waals surface area contributed by atoms with Crippen molar-refractivity contribution in [2.45, 2.75) is 32.7 Å². The van der Waals surface area contributed by atoms with Crippen molar-refractivity contribution in [3.8, 4) is 11.5 Å². The number of hydrogen-bond acceptors (Lipinski definition) is 6. The molecule has 3 aromatic rings. The van der Waals surface area contributed by atoms with E-state index in [1.54, 1.807) is 25.6 Å². The molecule has 0 radical (unpaired) electrons. The second-order valence-electron chi connectivity index (χ2n) is 6.95. The monoisotopic (exact) mass is 428 g/mol. The number of amides is 1. The zero-order valence-electron chi connectivity index (χ0n) is 17.0. The summed E-state index contributed by atoms with van der Waals surface area (Å²) in [6.45, 7) is 4.65. The van der Waals surface area contributed by atoms with E-state index in [4.69, 9.17) is 9.47 Å². The summed E-state index contributed by atoms with van der Waals surface area (Å²) < 4.78 is 11.0. The van der Waals surface area contributed by atoms with Crippen LogP contribution in [0.25, 0.3) is 0 Å². The summed E-state index contributed by atoms with van der Waals surface area (Å²) in [5.41, 5.74) is 3.11. The van der Waals surface area contributed by atoms with Crippen LogP contribution < -0.4 is 9.47 Å². The quantitative estimate of drug-likeness (QED) is 0.581. The maximum atomic E-state index is 13.6. The highest BCUT2D eigenvalue weighted by Gasteiger charge is 2.35. The van der Waals surface area contributed by atoms with Crippen LogP contribution in [0, 0.1) is 6.92 Å². The molecule has 1 atom stereocenters. The maximum Gasteiger partial charge on any atom is 0.266 e. The van der Waals surface area contributed by atoms with E-state index in [0.717, 1.165) is 44.6 Å². The van der Waals surface area contributed by atoms with Gasteiger partial charge >= 0.3 is 0 Å². The average molecular weight is 429 g/mol. The van der Waals surface area contributed by atoms with Gasteiger partial charge in [0.1, 0.15) is 4.88 Å². The van der Waals surface area contributed by atoms with Gasteiger partial charge in [0.25, 0.3) is 5.91 Å². The molecule has 5 nitrogen and oxygen atoms in total. The second kappa shape index (κ2) is 8.16. The van der Waals surface area contributed by atoms with Gasteiger partial charge in [0.15, 0.2) is 11.5 Å². The molecule has 1 amide bonds. The van der Waals surface area contributed by atoms with Crippen molar-refractivity contribution in [2.75, 3.05) is 20.8 Å². The topological polar surface area (TPSA) is 51.7 Å². The number of ether oxygens (including phenoxy) is 2. The molecule has 1 unspecified atom stereocenters. The predicted molar refractivity (Wildman–Crippen MR) is 117 cm³/mol. The van der Waals surface area contributed by atoms with Crippen LogP contribution in [0.3, 0.4) is 0 Å². The summed E-state index contributed by atoms with van der Waals surface area (Å²) >= 11 is 3.18. The number of thiazole rings is 1. The molecule has 0 saturated heterocycles. The van der Waals surface area contributed by atoms with Crippen molar-refractivity contribution in [3.05, 3.63) is 61.2 Å². The van der Waals surface area contributed by atoms with E-state index in [9.17, 15) is 4.79 Å². The summed E-state index contributed by atoms with van der Waals surface area (Å²) in [5.74, 6) is 1.46. The number of carbonyl (C=O) groups excluding carboxylic acids is 1. The molecule has 1 aromatic carbocycles. The van der Waals surface area contributed by atoms with Crippen molar-refractivity contribution in [3.63, 3.8) is 0 Å². The van der Waals surface area contributed by atoms with Crippen LogP contribution >= 0.6 is 22.7 Å². The van der Waals surface area contributed by atoms with Gasteiger partial charge in [-0.15, -0.1) is 22.7 Å². The number of methoxy groups -OCH3 is 2. The Hall–Kier alpha value is -2.38. The van der Waals surface area contributed by atoms with E-state index in [0.29, 0.717) is 12.3 Å². The van der Waals surface area contributed by atoms with Crippen LogP contribution in [0.15, 0.2) is 29.6 Å². The third kappa shape index (κ3) is 3.53. The first-order chi connectivity index (χ1) is 14.1. The van der Waals surface area contributed by atoms with Gasteiger partial charge in [-0.1, -0.05) is 13.0 Å². The predicted octanol–water partition coefficient (Wildman–Crippen LogP) is 4.88. The van der Waals surface area contributed by atoms with Crippen molar-refractivity contribution in [1.82, 2.24) is 9.88 Å². The number of fused-ring (bicyclic) bond motifs is 1. The number of aromatic nitrogens is 1. The zero-order valence-corrected chi connectivity index (χ0v) is 18.7. The Morgan fingerprint density at radius 2 is 2.03 bits per heavy atom. The zero-order chi connectivity index (χ0) is 20.5. The smallest absolute Gasteiger partial charge is 0.266 e. The number of thiophene rings is 1. The first-order valence-electron chi connectivity index (χ1n) is 9.62. The third-order valence-corrected chi connectivity index (χ3v) is 7.50. The molecule has 0 bridgehead atoms. The summed E-state index contributed by atoms with van der Waals surface area (Å²) in [5, 5.41) is 3.06. The Morgan fingerprint density at radius 3 is 2.66 bits per heavy atom. The number of aryl methyl sites for hydroxylation is 2. The van der Waals surface area contributed by atoms with Gasteiger partial charge in [-0.05, 0) is 54.5 Å². The molecule has 0 N–H and O–H groups in total. The molecule has 1 aliphatic rings. The highest BCUT2D eigenvalue weighted by Crippen LogP contribution is 2.43. The minimum atomic E-state index is -0.141. The molecule has 0 aliphatic carbocycles. The summed E-state index contributed by atoms with van der Waals surface area (Å²) in [6, 6.07) is 8.06. The first-order valence-corrected chi connectivity index (χ1v) is 11.3. The van der Waals surface area contributed by atoms with E-state index in [2.05, 4.69) is 23.4 Å². The lowest BCUT2D eigenvalue weighted by atomic mass is 9.90. The number of carbonyl (C=O) groups is 1. The number of benzene rings is 1. The Bertz CT molecular complexity index is 1030. The first kappa shape index (κ1) is 19.9. The SMILES string of the molecule is CCc1nc(C)c(C(=O)N2CCc3cc(OC)c(OC)cc3C2c2cccs2)s1.